The highest BCUT2D eigenvalue weighted by molar-refractivity contribution is 5.31. The fourth-order valence-corrected chi connectivity index (χ4v) is 3.59. The summed E-state index contributed by atoms with van der Waals surface area (Å²) in [7, 11) is 2.12. The number of aliphatic hydroxyl groups excluding tert-OH is 1. The average molecular weight is 393 g/mol. The highest BCUT2D eigenvalue weighted by atomic mass is 16.5. The van der Waals surface area contributed by atoms with Gasteiger partial charge in [0.15, 0.2) is 0 Å². The van der Waals surface area contributed by atoms with Gasteiger partial charge >= 0.3 is 0 Å². The van der Waals surface area contributed by atoms with Crippen LogP contribution in [0.25, 0.3) is 0 Å². The first-order valence-electron chi connectivity index (χ1n) is 10.1. The van der Waals surface area contributed by atoms with Crippen LogP contribution in [0.1, 0.15) is 24.1 Å². The van der Waals surface area contributed by atoms with Crippen molar-refractivity contribution in [3.8, 4) is 11.5 Å². The quantitative estimate of drug-likeness (QED) is 0.557. The van der Waals surface area contributed by atoms with E-state index in [0.29, 0.717) is 13.2 Å². The van der Waals surface area contributed by atoms with Crippen molar-refractivity contribution >= 4 is 0 Å². The largest absolute Gasteiger partial charge is 0.494 e. The van der Waals surface area contributed by atoms with E-state index in [0.717, 1.165) is 11.5 Å². The monoisotopic (exact) mass is 392 g/mol. The van der Waals surface area contributed by atoms with Crippen molar-refractivity contribution < 1.29 is 19.5 Å². The SMILES string of the molecule is CCOc1ccc(OC[C@@H](O)C[NH+](C)C(c2ccccc2)c2ccccc2)cc1. The topological polar surface area (TPSA) is 43.1 Å². The molecule has 0 aromatic heterocycles. The van der Waals surface area contributed by atoms with E-state index in [4.69, 9.17) is 9.47 Å². The summed E-state index contributed by atoms with van der Waals surface area (Å²) in [6.07, 6.45) is -0.573. The van der Waals surface area contributed by atoms with E-state index in [9.17, 15) is 5.11 Å². The standard InChI is InChI=1S/C25H29NO3/c1-3-28-23-14-16-24(17-15-23)29-19-22(27)18-26(2)25(20-10-6-4-7-11-20)21-12-8-5-9-13-21/h4-17,22,25,27H,3,18-19H2,1-2H3/p+1/t22-/m0/s1. The van der Waals surface area contributed by atoms with E-state index < -0.39 is 6.10 Å². The highest BCUT2D eigenvalue weighted by Crippen LogP contribution is 2.19. The molecule has 1 unspecified atom stereocenters. The van der Waals surface area contributed by atoms with Crippen LogP contribution in [0, 0.1) is 0 Å². The zero-order valence-electron chi connectivity index (χ0n) is 17.1. The molecule has 29 heavy (non-hydrogen) atoms. The summed E-state index contributed by atoms with van der Waals surface area (Å²) >= 11 is 0. The molecule has 0 heterocycles. The summed E-state index contributed by atoms with van der Waals surface area (Å²) in [6.45, 7) is 3.42. The first-order valence-corrected chi connectivity index (χ1v) is 10.1. The minimum absolute atomic E-state index is 0.150. The van der Waals surface area contributed by atoms with Gasteiger partial charge in [-0.25, -0.2) is 0 Å². The van der Waals surface area contributed by atoms with Crippen molar-refractivity contribution in [1.82, 2.24) is 0 Å². The van der Waals surface area contributed by atoms with Crippen LogP contribution >= 0.6 is 0 Å². The molecule has 3 aromatic carbocycles. The van der Waals surface area contributed by atoms with Gasteiger partial charge in [0.05, 0.1) is 13.7 Å². The zero-order valence-corrected chi connectivity index (χ0v) is 17.1. The summed E-state index contributed by atoms with van der Waals surface area (Å²) < 4.78 is 11.2. The molecule has 3 aromatic rings. The normalized spacial score (nSPS) is 13.1. The molecule has 0 aliphatic carbocycles. The minimum Gasteiger partial charge on any atom is -0.494 e. The number of rotatable bonds is 10. The Balaban J connectivity index is 1.62. The predicted octanol–water partition coefficient (Wildman–Crippen LogP) is 3.13. The Labute approximate surface area is 173 Å². The first-order chi connectivity index (χ1) is 14.2. The van der Waals surface area contributed by atoms with E-state index in [-0.39, 0.29) is 12.6 Å². The Morgan fingerprint density at radius 3 is 1.72 bits per heavy atom. The second kappa shape index (κ2) is 10.6. The van der Waals surface area contributed by atoms with E-state index in [1.807, 2.05) is 43.3 Å². The number of quaternary nitrogens is 1. The Bertz CT molecular complexity index is 797. The van der Waals surface area contributed by atoms with Crippen LogP contribution in [0.3, 0.4) is 0 Å². The van der Waals surface area contributed by atoms with Crippen LogP contribution in [0.15, 0.2) is 84.9 Å². The van der Waals surface area contributed by atoms with Crippen molar-refractivity contribution in [2.45, 2.75) is 19.1 Å². The summed E-state index contributed by atoms with van der Waals surface area (Å²) in [5.74, 6) is 1.55. The molecule has 0 saturated heterocycles. The Morgan fingerprint density at radius 2 is 1.24 bits per heavy atom. The highest BCUT2D eigenvalue weighted by Gasteiger charge is 2.25. The van der Waals surface area contributed by atoms with Crippen molar-refractivity contribution in [3.63, 3.8) is 0 Å². The lowest BCUT2D eigenvalue weighted by atomic mass is 9.97. The van der Waals surface area contributed by atoms with E-state index in [1.54, 1.807) is 0 Å². The number of aliphatic hydroxyl groups is 1. The Morgan fingerprint density at radius 1 is 0.759 bits per heavy atom. The van der Waals surface area contributed by atoms with Gasteiger partial charge in [0, 0.05) is 11.1 Å². The molecule has 4 nitrogen and oxygen atoms in total. The van der Waals surface area contributed by atoms with Crippen LogP contribution in [-0.2, 0) is 0 Å². The van der Waals surface area contributed by atoms with Gasteiger partial charge in [0.25, 0.3) is 0 Å². The van der Waals surface area contributed by atoms with Gasteiger partial charge in [-0.15, -0.1) is 0 Å². The molecular weight excluding hydrogens is 362 g/mol. The maximum Gasteiger partial charge on any atom is 0.139 e. The molecule has 2 N–H and O–H groups in total. The molecular formula is C25H30NO3+. The lowest BCUT2D eigenvalue weighted by Gasteiger charge is -2.27. The van der Waals surface area contributed by atoms with Gasteiger partial charge in [-0.05, 0) is 31.2 Å². The molecule has 0 radical (unpaired) electrons. The predicted molar refractivity (Wildman–Crippen MR) is 116 cm³/mol. The van der Waals surface area contributed by atoms with Gasteiger partial charge in [-0.2, -0.15) is 0 Å². The molecule has 0 bridgehead atoms. The lowest BCUT2D eigenvalue weighted by molar-refractivity contribution is -0.909. The van der Waals surface area contributed by atoms with Gasteiger partial charge in [-0.3, -0.25) is 0 Å². The van der Waals surface area contributed by atoms with Crippen molar-refractivity contribution in [2.75, 3.05) is 26.8 Å². The molecule has 152 valence electrons. The number of ether oxygens (including phenoxy) is 2. The van der Waals surface area contributed by atoms with Gasteiger partial charge in [0.1, 0.15) is 36.8 Å². The number of benzene rings is 3. The van der Waals surface area contributed by atoms with Gasteiger partial charge < -0.3 is 19.5 Å². The van der Waals surface area contributed by atoms with Crippen LogP contribution < -0.4 is 14.4 Å². The number of hydrogen-bond acceptors (Lipinski definition) is 3. The van der Waals surface area contributed by atoms with Gasteiger partial charge in [-0.1, -0.05) is 60.7 Å². The van der Waals surface area contributed by atoms with Crippen LogP contribution in [0.5, 0.6) is 11.5 Å². The van der Waals surface area contributed by atoms with Crippen LogP contribution in [0.4, 0.5) is 0 Å². The third-order valence-electron chi connectivity index (χ3n) is 4.89. The number of likely N-dealkylation sites (N-methyl/N-ethyl adjacent to an activating group) is 1. The van der Waals surface area contributed by atoms with Crippen molar-refractivity contribution in [3.05, 3.63) is 96.1 Å². The molecule has 0 aliphatic rings. The first kappa shape index (κ1) is 20.9. The second-order valence-corrected chi connectivity index (χ2v) is 7.17. The third-order valence-corrected chi connectivity index (χ3v) is 4.89. The molecule has 0 saturated carbocycles. The van der Waals surface area contributed by atoms with Crippen LogP contribution in [0.2, 0.25) is 0 Å². The van der Waals surface area contributed by atoms with Crippen molar-refractivity contribution in [1.29, 1.82) is 0 Å². The summed E-state index contributed by atoms with van der Waals surface area (Å²) in [6, 6.07) is 28.5. The smallest absolute Gasteiger partial charge is 0.139 e. The molecule has 0 spiro atoms. The van der Waals surface area contributed by atoms with Gasteiger partial charge in [0.2, 0.25) is 0 Å². The summed E-state index contributed by atoms with van der Waals surface area (Å²) in [4.78, 5) is 1.21. The molecule has 4 heteroatoms. The molecule has 0 fully saturated rings. The van der Waals surface area contributed by atoms with E-state index >= 15 is 0 Å². The van der Waals surface area contributed by atoms with Crippen LogP contribution in [-0.4, -0.2) is 38.0 Å². The Hall–Kier alpha value is -2.82. The fraction of sp³-hybridized carbons (Fsp3) is 0.280. The number of hydrogen-bond donors (Lipinski definition) is 2. The number of nitrogens with one attached hydrogen (secondary N) is 1. The molecule has 0 aliphatic heterocycles. The molecule has 2 atom stereocenters. The average Bonchev–Trinajstić information content (AvgIpc) is 2.75. The Kier molecular flexibility index (Phi) is 7.68. The lowest BCUT2D eigenvalue weighted by Crippen LogP contribution is -3.10. The summed E-state index contributed by atoms with van der Waals surface area (Å²) in [5.41, 5.74) is 2.46. The zero-order chi connectivity index (χ0) is 20.5. The fourth-order valence-electron chi connectivity index (χ4n) is 3.59. The maximum absolute atomic E-state index is 10.6. The molecule has 0 amide bonds. The van der Waals surface area contributed by atoms with Crippen molar-refractivity contribution in [2.24, 2.45) is 0 Å². The summed E-state index contributed by atoms with van der Waals surface area (Å²) in [5, 5.41) is 10.6. The third kappa shape index (κ3) is 6.08. The second-order valence-electron chi connectivity index (χ2n) is 7.17. The molecule has 3 rings (SSSR count). The minimum atomic E-state index is -0.573. The van der Waals surface area contributed by atoms with E-state index in [1.165, 1.54) is 16.0 Å². The maximum atomic E-state index is 10.6. The van der Waals surface area contributed by atoms with E-state index in [2.05, 4.69) is 55.6 Å².